The molecule has 0 saturated carbocycles. The van der Waals surface area contributed by atoms with Crippen molar-refractivity contribution < 1.29 is 9.53 Å². The topological polar surface area (TPSA) is 38.3 Å². The molecule has 2 aromatic rings. The van der Waals surface area contributed by atoms with Crippen LogP contribution in [0.1, 0.15) is 58.2 Å². The first kappa shape index (κ1) is 20.3. The van der Waals surface area contributed by atoms with Crippen molar-refractivity contribution in [3.63, 3.8) is 0 Å². The highest BCUT2D eigenvalue weighted by Crippen LogP contribution is 2.33. The first-order valence-electron chi connectivity index (χ1n) is 8.77. The molecular formula is C22H28ClNO2. The van der Waals surface area contributed by atoms with E-state index in [1.54, 1.807) is 12.1 Å². The smallest absolute Gasteiger partial charge is 0.410 e. The Balaban J connectivity index is 2.27. The molecule has 4 heteroatoms. The third kappa shape index (κ3) is 5.25. The summed E-state index contributed by atoms with van der Waals surface area (Å²) in [5, 5.41) is 3.33. The van der Waals surface area contributed by atoms with E-state index in [1.165, 1.54) is 0 Å². The third-order valence-electron chi connectivity index (χ3n) is 4.27. The molecule has 0 bridgehead atoms. The van der Waals surface area contributed by atoms with Gasteiger partial charge in [-0.1, -0.05) is 65.3 Å². The Morgan fingerprint density at radius 1 is 0.923 bits per heavy atom. The van der Waals surface area contributed by atoms with Gasteiger partial charge in [-0.3, -0.25) is 5.32 Å². The van der Waals surface area contributed by atoms with Gasteiger partial charge in [0.25, 0.3) is 0 Å². The Morgan fingerprint density at radius 2 is 1.46 bits per heavy atom. The van der Waals surface area contributed by atoms with Crippen molar-refractivity contribution in [1.29, 1.82) is 0 Å². The molecule has 0 heterocycles. The number of amides is 1. The van der Waals surface area contributed by atoms with Crippen molar-refractivity contribution in [1.82, 2.24) is 0 Å². The lowest BCUT2D eigenvalue weighted by Gasteiger charge is -2.25. The van der Waals surface area contributed by atoms with E-state index in [9.17, 15) is 4.79 Å². The molecule has 26 heavy (non-hydrogen) atoms. The number of halogens is 1. The largest absolute Gasteiger partial charge is 0.417 e. The fourth-order valence-electron chi connectivity index (χ4n) is 2.45. The van der Waals surface area contributed by atoms with E-state index in [2.05, 4.69) is 52.9 Å². The number of carbonyl (C=O) groups excluding carboxylic acids is 1. The van der Waals surface area contributed by atoms with Crippen LogP contribution in [0, 0.1) is 6.92 Å². The fraction of sp³-hybridized carbons (Fsp3) is 0.409. The number of hydrogen-bond acceptors (Lipinski definition) is 2. The van der Waals surface area contributed by atoms with Gasteiger partial charge in [0.05, 0.1) is 0 Å². The van der Waals surface area contributed by atoms with Crippen LogP contribution in [0.15, 0.2) is 36.4 Å². The molecule has 0 aliphatic rings. The molecule has 0 aromatic heterocycles. The molecule has 0 aliphatic carbocycles. The number of benzene rings is 2. The molecule has 0 atom stereocenters. The summed E-state index contributed by atoms with van der Waals surface area (Å²) >= 11 is 6.11. The maximum atomic E-state index is 12.3. The number of aryl methyl sites for hydroxylation is 1. The summed E-state index contributed by atoms with van der Waals surface area (Å²) in [5.74, 6) is 0.540. The lowest BCUT2D eigenvalue weighted by molar-refractivity contribution is 0.215. The Kier molecular flexibility index (Phi) is 5.72. The van der Waals surface area contributed by atoms with Crippen molar-refractivity contribution in [3.8, 4) is 5.75 Å². The molecule has 1 amide bonds. The van der Waals surface area contributed by atoms with Crippen LogP contribution >= 0.6 is 11.6 Å². The predicted molar refractivity (Wildman–Crippen MR) is 110 cm³/mol. The van der Waals surface area contributed by atoms with Gasteiger partial charge in [0.2, 0.25) is 0 Å². The van der Waals surface area contributed by atoms with Crippen LogP contribution < -0.4 is 10.1 Å². The predicted octanol–water partition coefficient (Wildman–Crippen LogP) is 6.85. The van der Waals surface area contributed by atoms with E-state index in [-0.39, 0.29) is 10.8 Å². The van der Waals surface area contributed by atoms with E-state index >= 15 is 0 Å². The third-order valence-corrected chi connectivity index (χ3v) is 4.67. The molecule has 3 nitrogen and oxygen atoms in total. The number of ether oxygens (including phenoxy) is 1. The summed E-state index contributed by atoms with van der Waals surface area (Å²) in [5.41, 5.74) is 3.74. The maximum absolute atomic E-state index is 12.3. The van der Waals surface area contributed by atoms with Crippen molar-refractivity contribution in [3.05, 3.63) is 58.1 Å². The van der Waals surface area contributed by atoms with Crippen LogP contribution in [0.4, 0.5) is 10.5 Å². The van der Waals surface area contributed by atoms with Crippen LogP contribution in [0.2, 0.25) is 5.02 Å². The Labute approximate surface area is 161 Å². The second kappa shape index (κ2) is 7.32. The molecule has 0 saturated heterocycles. The van der Waals surface area contributed by atoms with Gasteiger partial charge >= 0.3 is 6.09 Å². The van der Waals surface area contributed by atoms with Gasteiger partial charge in [-0.2, -0.15) is 0 Å². The molecule has 2 aromatic carbocycles. The van der Waals surface area contributed by atoms with Crippen LogP contribution in [-0.2, 0) is 10.8 Å². The van der Waals surface area contributed by atoms with Gasteiger partial charge in [0.1, 0.15) is 5.75 Å². The highest BCUT2D eigenvalue weighted by molar-refractivity contribution is 6.31. The molecule has 0 spiro atoms. The second-order valence-electron chi connectivity index (χ2n) is 8.72. The summed E-state index contributed by atoms with van der Waals surface area (Å²) in [4.78, 5) is 12.3. The molecule has 1 N–H and O–H groups in total. The minimum atomic E-state index is -0.532. The highest BCUT2D eigenvalue weighted by atomic mass is 35.5. The van der Waals surface area contributed by atoms with Crippen LogP contribution in [0.3, 0.4) is 0 Å². The second-order valence-corrected chi connectivity index (χ2v) is 9.13. The number of hydrogen-bond donors (Lipinski definition) is 1. The molecule has 2 rings (SSSR count). The van der Waals surface area contributed by atoms with Gasteiger partial charge < -0.3 is 4.74 Å². The Hall–Kier alpha value is -2.00. The standard InChI is InChI=1S/C22H28ClNO2/c1-14-8-9-17(13-19(14)23)24-20(25)26-18-11-15(21(2,3)4)10-16(12-18)22(5,6)7/h8-13H,1-7H3,(H,24,25). The zero-order valence-corrected chi connectivity index (χ0v) is 17.4. The van der Waals surface area contributed by atoms with Crippen molar-refractivity contribution >= 4 is 23.4 Å². The Morgan fingerprint density at radius 3 is 1.92 bits per heavy atom. The number of carbonyl (C=O) groups is 1. The lowest BCUT2D eigenvalue weighted by atomic mass is 9.80. The highest BCUT2D eigenvalue weighted by Gasteiger charge is 2.21. The van der Waals surface area contributed by atoms with Crippen molar-refractivity contribution in [2.24, 2.45) is 0 Å². The van der Waals surface area contributed by atoms with Crippen LogP contribution in [0.25, 0.3) is 0 Å². The first-order chi connectivity index (χ1) is 11.9. The van der Waals surface area contributed by atoms with E-state index < -0.39 is 6.09 Å². The minimum Gasteiger partial charge on any atom is -0.410 e. The molecule has 0 aliphatic heterocycles. The zero-order chi connectivity index (χ0) is 19.7. The average Bonchev–Trinajstić information content (AvgIpc) is 2.49. The molecule has 0 unspecified atom stereocenters. The van der Waals surface area contributed by atoms with Gasteiger partial charge in [0.15, 0.2) is 0 Å². The first-order valence-corrected chi connectivity index (χ1v) is 9.15. The number of anilines is 1. The summed E-state index contributed by atoms with van der Waals surface area (Å²) in [6.07, 6.45) is -0.532. The normalized spacial score (nSPS) is 12.0. The number of rotatable bonds is 2. The van der Waals surface area contributed by atoms with Gasteiger partial charge in [-0.15, -0.1) is 0 Å². The monoisotopic (exact) mass is 373 g/mol. The van der Waals surface area contributed by atoms with Crippen molar-refractivity contribution in [2.75, 3.05) is 5.32 Å². The van der Waals surface area contributed by atoms with E-state index in [0.717, 1.165) is 16.7 Å². The number of nitrogens with one attached hydrogen (secondary N) is 1. The van der Waals surface area contributed by atoms with Gasteiger partial charge in [0, 0.05) is 10.7 Å². The average molecular weight is 374 g/mol. The zero-order valence-electron chi connectivity index (χ0n) is 16.7. The van der Waals surface area contributed by atoms with Crippen molar-refractivity contribution in [2.45, 2.75) is 59.3 Å². The molecule has 0 fully saturated rings. The summed E-state index contributed by atoms with van der Waals surface area (Å²) in [6.45, 7) is 14.8. The van der Waals surface area contributed by atoms with Gasteiger partial charge in [-0.05, 0) is 58.7 Å². The van der Waals surface area contributed by atoms with E-state index in [1.807, 2.05) is 25.1 Å². The maximum Gasteiger partial charge on any atom is 0.417 e. The van der Waals surface area contributed by atoms with E-state index in [4.69, 9.17) is 16.3 Å². The summed E-state index contributed by atoms with van der Waals surface area (Å²) in [7, 11) is 0. The molecular weight excluding hydrogens is 346 g/mol. The lowest BCUT2D eigenvalue weighted by Crippen LogP contribution is -2.20. The molecule has 0 radical (unpaired) electrons. The summed E-state index contributed by atoms with van der Waals surface area (Å²) in [6, 6.07) is 11.4. The SMILES string of the molecule is Cc1ccc(NC(=O)Oc2cc(C(C)(C)C)cc(C(C)(C)C)c2)cc1Cl. The van der Waals surface area contributed by atoms with Crippen LogP contribution in [-0.4, -0.2) is 6.09 Å². The summed E-state index contributed by atoms with van der Waals surface area (Å²) < 4.78 is 5.57. The Bertz CT molecular complexity index is 782. The quantitative estimate of drug-likeness (QED) is 0.624. The van der Waals surface area contributed by atoms with Crippen LogP contribution in [0.5, 0.6) is 5.75 Å². The fourth-order valence-corrected chi connectivity index (χ4v) is 2.63. The minimum absolute atomic E-state index is 0.0413. The van der Waals surface area contributed by atoms with E-state index in [0.29, 0.717) is 16.5 Å². The molecule has 140 valence electrons. The van der Waals surface area contributed by atoms with Gasteiger partial charge in [-0.25, -0.2) is 4.79 Å².